The Bertz CT molecular complexity index is 544. The van der Waals surface area contributed by atoms with Crippen LogP contribution in [0.5, 0.6) is 0 Å². The van der Waals surface area contributed by atoms with Gasteiger partial charge in [0.25, 0.3) is 0 Å². The van der Waals surface area contributed by atoms with E-state index in [-0.39, 0.29) is 24.1 Å². The van der Waals surface area contributed by atoms with E-state index in [0.29, 0.717) is 25.2 Å². The number of nitrogens with two attached hydrogens (primary N) is 1. The lowest BCUT2D eigenvalue weighted by Gasteiger charge is -2.25. The molecule has 1 aromatic carbocycles. The van der Waals surface area contributed by atoms with E-state index >= 15 is 0 Å². The van der Waals surface area contributed by atoms with Crippen LogP contribution in [0.3, 0.4) is 0 Å². The van der Waals surface area contributed by atoms with Crippen LogP contribution in [0.1, 0.15) is 17.9 Å². The summed E-state index contributed by atoms with van der Waals surface area (Å²) in [5.41, 5.74) is 6.35. The Morgan fingerprint density at radius 3 is 2.71 bits per heavy atom. The third kappa shape index (κ3) is 3.50. The van der Waals surface area contributed by atoms with Crippen LogP contribution in [0.25, 0.3) is 0 Å². The molecular weight excluding hydrogens is 272 g/mol. The molecule has 0 saturated carbocycles. The van der Waals surface area contributed by atoms with Crippen molar-refractivity contribution in [1.82, 2.24) is 10.2 Å². The van der Waals surface area contributed by atoms with E-state index in [2.05, 4.69) is 10.5 Å². The van der Waals surface area contributed by atoms with Gasteiger partial charge in [-0.3, -0.25) is 9.59 Å². The summed E-state index contributed by atoms with van der Waals surface area (Å²) < 4.78 is 0. The zero-order valence-corrected chi connectivity index (χ0v) is 11.5. The van der Waals surface area contributed by atoms with Gasteiger partial charge in [-0.15, -0.1) is 0 Å². The molecule has 7 heteroatoms. The lowest BCUT2D eigenvalue weighted by atomic mass is 9.96. The Balaban J connectivity index is 2.24. The van der Waals surface area contributed by atoms with Gasteiger partial charge in [0.2, 0.25) is 11.8 Å². The first-order valence-corrected chi connectivity index (χ1v) is 6.71. The Morgan fingerprint density at radius 1 is 1.33 bits per heavy atom. The summed E-state index contributed by atoms with van der Waals surface area (Å²) in [7, 11) is 0. The van der Waals surface area contributed by atoms with E-state index in [0.717, 1.165) is 0 Å². The van der Waals surface area contributed by atoms with E-state index in [9.17, 15) is 9.59 Å². The topological polar surface area (TPSA) is 108 Å². The Labute approximate surface area is 122 Å². The maximum atomic E-state index is 12.7. The van der Waals surface area contributed by atoms with Gasteiger partial charge < -0.3 is 21.2 Å². The molecule has 1 atom stereocenters. The standard InChI is InChI=1S/C14H18N4O3/c15-13(17-21)12(10-4-2-1-3-5-10)14(20)18-8-6-11(19)16-7-9-18/h1-5,12,21H,6-9H2,(H2,15,17)(H,16,19). The molecule has 1 aromatic rings. The van der Waals surface area contributed by atoms with E-state index in [4.69, 9.17) is 10.9 Å². The molecule has 0 aliphatic carbocycles. The van der Waals surface area contributed by atoms with Crippen molar-refractivity contribution in [3.05, 3.63) is 35.9 Å². The van der Waals surface area contributed by atoms with Gasteiger partial charge in [-0.2, -0.15) is 0 Å². The average molecular weight is 290 g/mol. The van der Waals surface area contributed by atoms with Crippen LogP contribution < -0.4 is 11.1 Å². The number of nitrogens with one attached hydrogen (secondary N) is 1. The molecule has 7 nitrogen and oxygen atoms in total. The molecule has 1 unspecified atom stereocenters. The van der Waals surface area contributed by atoms with Gasteiger partial charge in [0.15, 0.2) is 5.84 Å². The summed E-state index contributed by atoms with van der Waals surface area (Å²) in [6, 6.07) is 8.90. The van der Waals surface area contributed by atoms with Gasteiger partial charge >= 0.3 is 0 Å². The zero-order chi connectivity index (χ0) is 15.2. The summed E-state index contributed by atoms with van der Waals surface area (Å²) >= 11 is 0. The quantitative estimate of drug-likeness (QED) is 0.312. The molecule has 1 fully saturated rings. The van der Waals surface area contributed by atoms with Crippen LogP contribution >= 0.6 is 0 Å². The van der Waals surface area contributed by atoms with E-state index < -0.39 is 5.92 Å². The highest BCUT2D eigenvalue weighted by Gasteiger charge is 2.30. The number of carbonyl (C=O) groups excluding carboxylic acids is 2. The third-order valence-corrected chi connectivity index (χ3v) is 3.42. The van der Waals surface area contributed by atoms with Gasteiger partial charge in [0, 0.05) is 26.1 Å². The molecule has 112 valence electrons. The largest absolute Gasteiger partial charge is 0.409 e. The molecule has 1 aliphatic rings. The summed E-state index contributed by atoms with van der Waals surface area (Å²) in [5, 5.41) is 14.6. The Kier molecular flexibility index (Phi) is 4.76. The predicted octanol–water partition coefficient (Wildman–Crippen LogP) is -0.135. The minimum absolute atomic E-state index is 0.0784. The van der Waals surface area contributed by atoms with Crippen LogP contribution in [0.15, 0.2) is 35.5 Å². The first kappa shape index (κ1) is 14.8. The average Bonchev–Trinajstić information content (AvgIpc) is 2.73. The van der Waals surface area contributed by atoms with Crippen LogP contribution in [0.2, 0.25) is 0 Å². The molecule has 0 radical (unpaired) electrons. The fraction of sp³-hybridized carbons (Fsp3) is 0.357. The number of carbonyl (C=O) groups is 2. The molecule has 1 aliphatic heterocycles. The molecule has 1 saturated heterocycles. The maximum Gasteiger partial charge on any atom is 0.237 e. The lowest BCUT2D eigenvalue weighted by molar-refractivity contribution is -0.131. The Hall–Kier alpha value is -2.57. The van der Waals surface area contributed by atoms with Gasteiger partial charge in [0.1, 0.15) is 5.92 Å². The highest BCUT2D eigenvalue weighted by molar-refractivity contribution is 6.07. The van der Waals surface area contributed by atoms with Crippen molar-refractivity contribution < 1.29 is 14.8 Å². The second kappa shape index (κ2) is 6.74. The first-order chi connectivity index (χ1) is 10.1. The van der Waals surface area contributed by atoms with Crippen molar-refractivity contribution in [2.75, 3.05) is 19.6 Å². The van der Waals surface area contributed by atoms with Crippen molar-refractivity contribution in [2.24, 2.45) is 10.9 Å². The van der Waals surface area contributed by atoms with Crippen LogP contribution in [-0.2, 0) is 9.59 Å². The van der Waals surface area contributed by atoms with E-state index in [1.54, 1.807) is 29.2 Å². The summed E-state index contributed by atoms with van der Waals surface area (Å²) in [4.78, 5) is 25.6. The number of rotatable bonds is 3. The fourth-order valence-electron chi connectivity index (χ4n) is 2.31. The van der Waals surface area contributed by atoms with E-state index in [1.165, 1.54) is 0 Å². The number of hydrogen-bond donors (Lipinski definition) is 3. The van der Waals surface area contributed by atoms with Crippen LogP contribution in [-0.4, -0.2) is 47.4 Å². The molecule has 2 amide bonds. The van der Waals surface area contributed by atoms with Crippen molar-refractivity contribution in [3.8, 4) is 0 Å². The maximum absolute atomic E-state index is 12.7. The molecule has 1 heterocycles. The Morgan fingerprint density at radius 2 is 2.05 bits per heavy atom. The van der Waals surface area contributed by atoms with Gasteiger partial charge in [0.05, 0.1) is 0 Å². The minimum atomic E-state index is -0.843. The first-order valence-electron chi connectivity index (χ1n) is 6.71. The minimum Gasteiger partial charge on any atom is -0.409 e. The smallest absolute Gasteiger partial charge is 0.237 e. The highest BCUT2D eigenvalue weighted by Crippen LogP contribution is 2.19. The number of nitrogens with zero attached hydrogens (tertiary/aromatic N) is 2. The van der Waals surface area contributed by atoms with Crippen molar-refractivity contribution >= 4 is 17.6 Å². The van der Waals surface area contributed by atoms with Gasteiger partial charge in [-0.1, -0.05) is 35.5 Å². The SMILES string of the molecule is NC(=NO)C(C(=O)N1CCNC(=O)CC1)c1ccccc1. The monoisotopic (exact) mass is 290 g/mol. The number of amidine groups is 1. The number of hydrogen-bond acceptors (Lipinski definition) is 4. The van der Waals surface area contributed by atoms with E-state index in [1.807, 2.05) is 6.07 Å². The van der Waals surface area contributed by atoms with Gasteiger partial charge in [-0.05, 0) is 5.56 Å². The summed E-state index contributed by atoms with van der Waals surface area (Å²) in [5.74, 6) is -1.35. The predicted molar refractivity (Wildman–Crippen MR) is 76.8 cm³/mol. The number of amides is 2. The highest BCUT2D eigenvalue weighted by atomic mass is 16.4. The third-order valence-electron chi connectivity index (χ3n) is 3.42. The molecule has 4 N–H and O–H groups in total. The molecular formula is C14H18N4O3. The second-order valence-corrected chi connectivity index (χ2v) is 4.79. The summed E-state index contributed by atoms with van der Waals surface area (Å²) in [6.45, 7) is 1.14. The van der Waals surface area contributed by atoms with Crippen molar-refractivity contribution in [2.45, 2.75) is 12.3 Å². The fourth-order valence-corrected chi connectivity index (χ4v) is 2.31. The number of benzene rings is 1. The molecule has 0 bridgehead atoms. The molecule has 21 heavy (non-hydrogen) atoms. The zero-order valence-electron chi connectivity index (χ0n) is 11.5. The van der Waals surface area contributed by atoms with Crippen LogP contribution in [0, 0.1) is 0 Å². The summed E-state index contributed by atoms with van der Waals surface area (Å²) in [6.07, 6.45) is 0.253. The van der Waals surface area contributed by atoms with Crippen molar-refractivity contribution in [3.63, 3.8) is 0 Å². The van der Waals surface area contributed by atoms with Crippen molar-refractivity contribution in [1.29, 1.82) is 0 Å². The van der Waals surface area contributed by atoms with Crippen LogP contribution in [0.4, 0.5) is 0 Å². The molecule has 2 rings (SSSR count). The lowest BCUT2D eigenvalue weighted by Crippen LogP contribution is -2.42. The van der Waals surface area contributed by atoms with Gasteiger partial charge in [-0.25, -0.2) is 0 Å². The molecule has 0 spiro atoms. The number of oxime groups is 1. The molecule has 0 aromatic heterocycles. The normalized spacial score (nSPS) is 17.8. The second-order valence-electron chi connectivity index (χ2n) is 4.79.